The normalized spacial score (nSPS) is 19.8. The van der Waals surface area contributed by atoms with Crippen molar-refractivity contribution in [2.24, 2.45) is 5.73 Å². The molecule has 4 nitrogen and oxygen atoms in total. The second kappa shape index (κ2) is 7.94. The van der Waals surface area contributed by atoms with Crippen LogP contribution in [0.25, 0.3) is 0 Å². The molecule has 118 valence electrons. The Morgan fingerprint density at radius 1 is 1.62 bits per heavy atom. The van der Waals surface area contributed by atoms with Crippen molar-refractivity contribution in [3.05, 3.63) is 34.6 Å². The zero-order valence-electron chi connectivity index (χ0n) is 11.7. The first-order chi connectivity index (χ1) is 9.47. The largest absolute Gasteiger partial charge is 0.370 e. The average molecular weight is 337 g/mol. The van der Waals surface area contributed by atoms with Crippen LogP contribution in [0.3, 0.4) is 0 Å². The van der Waals surface area contributed by atoms with Crippen LogP contribution in [0, 0.1) is 5.82 Å². The molecule has 1 saturated heterocycles. The van der Waals surface area contributed by atoms with Crippen molar-refractivity contribution in [2.45, 2.75) is 25.5 Å². The van der Waals surface area contributed by atoms with Gasteiger partial charge in [0.2, 0.25) is 5.91 Å². The Bertz CT molecular complexity index is 500. The molecule has 1 amide bonds. The lowest BCUT2D eigenvalue weighted by atomic mass is 10.1. The first-order valence-corrected chi connectivity index (χ1v) is 6.95. The third kappa shape index (κ3) is 4.81. The van der Waals surface area contributed by atoms with E-state index in [1.807, 2.05) is 0 Å². The molecule has 2 N–H and O–H groups in total. The summed E-state index contributed by atoms with van der Waals surface area (Å²) in [5, 5.41) is 0.0603. The number of halogens is 3. The van der Waals surface area contributed by atoms with Gasteiger partial charge in [-0.15, -0.1) is 12.4 Å². The molecule has 0 spiro atoms. The maximum absolute atomic E-state index is 13.2. The van der Waals surface area contributed by atoms with E-state index in [9.17, 15) is 9.18 Å². The Morgan fingerprint density at radius 2 is 2.33 bits per heavy atom. The lowest BCUT2D eigenvalue weighted by Gasteiger charge is -2.33. The number of nitrogens with zero attached hydrogens (tertiary/aromatic N) is 1. The zero-order valence-corrected chi connectivity index (χ0v) is 13.3. The van der Waals surface area contributed by atoms with E-state index in [-0.39, 0.29) is 35.5 Å². The van der Waals surface area contributed by atoms with Crippen molar-refractivity contribution < 1.29 is 13.9 Å². The van der Waals surface area contributed by atoms with E-state index in [0.29, 0.717) is 26.1 Å². The van der Waals surface area contributed by atoms with Crippen molar-refractivity contribution in [2.75, 3.05) is 19.7 Å². The first kappa shape index (κ1) is 18.2. The molecule has 0 radical (unpaired) electrons. The molecule has 1 aliphatic heterocycles. The van der Waals surface area contributed by atoms with Crippen LogP contribution in [0.15, 0.2) is 18.2 Å². The molecule has 2 unspecified atom stereocenters. The van der Waals surface area contributed by atoms with E-state index < -0.39 is 5.82 Å². The average Bonchev–Trinajstić information content (AvgIpc) is 2.41. The zero-order chi connectivity index (χ0) is 14.7. The molecular formula is C14H19Cl2FN2O2. The molecule has 0 bridgehead atoms. The van der Waals surface area contributed by atoms with Gasteiger partial charge < -0.3 is 15.4 Å². The van der Waals surface area contributed by atoms with E-state index in [4.69, 9.17) is 22.1 Å². The lowest BCUT2D eigenvalue weighted by Crippen LogP contribution is -2.43. The summed E-state index contributed by atoms with van der Waals surface area (Å²) in [6.07, 6.45) is 0.0375. The van der Waals surface area contributed by atoms with Crippen LogP contribution in [0.2, 0.25) is 5.02 Å². The third-order valence-electron chi connectivity index (χ3n) is 3.23. The van der Waals surface area contributed by atoms with Gasteiger partial charge in [-0.05, 0) is 24.6 Å². The number of morpholine rings is 1. The van der Waals surface area contributed by atoms with E-state index in [1.165, 1.54) is 6.07 Å². The predicted molar refractivity (Wildman–Crippen MR) is 82.2 cm³/mol. The van der Waals surface area contributed by atoms with Gasteiger partial charge in [-0.1, -0.05) is 17.7 Å². The van der Waals surface area contributed by atoms with Crippen LogP contribution >= 0.6 is 24.0 Å². The standard InChI is InChI=1S/C14H18ClFN2O2.ClH/c1-9(17)6-14(19)18-4-5-20-13(8-18)10-2-3-12(16)11(15)7-10;/h2-3,7,9,13H,4-6,8,17H2,1H3;1H. The number of ether oxygens (including phenoxy) is 1. The summed E-state index contributed by atoms with van der Waals surface area (Å²) in [4.78, 5) is 13.7. The fraction of sp³-hybridized carbons (Fsp3) is 0.500. The molecule has 0 aliphatic carbocycles. The molecule has 0 aromatic heterocycles. The monoisotopic (exact) mass is 336 g/mol. The topological polar surface area (TPSA) is 55.6 Å². The molecule has 1 aromatic rings. The van der Waals surface area contributed by atoms with Gasteiger partial charge in [0, 0.05) is 19.0 Å². The molecular weight excluding hydrogens is 318 g/mol. The highest BCUT2D eigenvalue weighted by molar-refractivity contribution is 6.30. The number of hydrogen-bond donors (Lipinski definition) is 1. The van der Waals surface area contributed by atoms with E-state index in [1.54, 1.807) is 24.0 Å². The van der Waals surface area contributed by atoms with Gasteiger partial charge >= 0.3 is 0 Å². The number of carbonyl (C=O) groups excluding carboxylic acids is 1. The Balaban J connectivity index is 0.00000220. The number of amides is 1. The number of nitrogens with two attached hydrogens (primary N) is 1. The number of carbonyl (C=O) groups is 1. The van der Waals surface area contributed by atoms with Gasteiger partial charge in [-0.3, -0.25) is 4.79 Å². The smallest absolute Gasteiger partial charge is 0.224 e. The summed E-state index contributed by atoms with van der Waals surface area (Å²) in [7, 11) is 0. The maximum Gasteiger partial charge on any atom is 0.224 e. The second-order valence-corrected chi connectivity index (χ2v) is 5.46. The van der Waals surface area contributed by atoms with Crippen LogP contribution in [-0.4, -0.2) is 36.5 Å². The second-order valence-electron chi connectivity index (χ2n) is 5.05. The highest BCUT2D eigenvalue weighted by atomic mass is 35.5. The molecule has 1 fully saturated rings. The van der Waals surface area contributed by atoms with E-state index >= 15 is 0 Å². The summed E-state index contributed by atoms with van der Waals surface area (Å²) in [5.41, 5.74) is 6.42. The minimum absolute atomic E-state index is 0. The van der Waals surface area contributed by atoms with Crippen LogP contribution < -0.4 is 5.73 Å². The minimum atomic E-state index is -0.462. The minimum Gasteiger partial charge on any atom is -0.370 e. The van der Waals surface area contributed by atoms with Gasteiger partial charge in [0.1, 0.15) is 11.9 Å². The summed E-state index contributed by atoms with van der Waals surface area (Å²) < 4.78 is 18.8. The number of rotatable bonds is 3. The molecule has 1 aromatic carbocycles. The molecule has 2 rings (SSSR count). The fourth-order valence-corrected chi connectivity index (χ4v) is 2.38. The summed E-state index contributed by atoms with van der Waals surface area (Å²) in [6, 6.07) is 4.32. The van der Waals surface area contributed by atoms with Gasteiger partial charge in [0.05, 0.1) is 18.2 Å². The van der Waals surface area contributed by atoms with Crippen LogP contribution in [-0.2, 0) is 9.53 Å². The molecule has 1 aliphatic rings. The van der Waals surface area contributed by atoms with Crippen molar-refractivity contribution >= 4 is 29.9 Å². The van der Waals surface area contributed by atoms with E-state index in [0.717, 1.165) is 5.56 Å². The van der Waals surface area contributed by atoms with Crippen molar-refractivity contribution in [1.29, 1.82) is 0 Å². The summed E-state index contributed by atoms with van der Waals surface area (Å²) in [6.45, 7) is 3.24. The molecule has 7 heteroatoms. The van der Waals surface area contributed by atoms with Gasteiger partial charge in [-0.25, -0.2) is 4.39 Å². The van der Waals surface area contributed by atoms with Crippen LogP contribution in [0.1, 0.15) is 25.0 Å². The van der Waals surface area contributed by atoms with Crippen molar-refractivity contribution in [1.82, 2.24) is 4.90 Å². The quantitative estimate of drug-likeness (QED) is 0.922. The van der Waals surface area contributed by atoms with Gasteiger partial charge in [-0.2, -0.15) is 0 Å². The van der Waals surface area contributed by atoms with Crippen molar-refractivity contribution in [3.8, 4) is 0 Å². The van der Waals surface area contributed by atoms with Crippen molar-refractivity contribution in [3.63, 3.8) is 0 Å². The number of hydrogen-bond acceptors (Lipinski definition) is 3. The van der Waals surface area contributed by atoms with Crippen LogP contribution in [0.5, 0.6) is 0 Å². The van der Waals surface area contributed by atoms with Gasteiger partial charge in [0.25, 0.3) is 0 Å². The summed E-state index contributed by atoms with van der Waals surface area (Å²) in [5.74, 6) is -0.447. The molecule has 21 heavy (non-hydrogen) atoms. The maximum atomic E-state index is 13.2. The van der Waals surface area contributed by atoms with Crippen LogP contribution in [0.4, 0.5) is 4.39 Å². The molecule has 1 heterocycles. The Labute approximate surface area is 134 Å². The number of benzene rings is 1. The summed E-state index contributed by atoms with van der Waals surface area (Å²) >= 11 is 5.77. The molecule has 0 saturated carbocycles. The highest BCUT2D eigenvalue weighted by Crippen LogP contribution is 2.26. The Kier molecular flexibility index (Phi) is 6.87. The van der Waals surface area contributed by atoms with E-state index in [2.05, 4.69) is 0 Å². The third-order valence-corrected chi connectivity index (χ3v) is 3.52. The molecule has 2 atom stereocenters. The Morgan fingerprint density at radius 3 is 2.95 bits per heavy atom. The highest BCUT2D eigenvalue weighted by Gasteiger charge is 2.26. The predicted octanol–water partition coefficient (Wildman–Crippen LogP) is 2.54. The Hall–Kier alpha value is -0.880. The lowest BCUT2D eigenvalue weighted by molar-refractivity contribution is -0.139. The van der Waals surface area contributed by atoms with Gasteiger partial charge in [0.15, 0.2) is 0 Å². The first-order valence-electron chi connectivity index (χ1n) is 6.57. The fourth-order valence-electron chi connectivity index (χ4n) is 2.19. The SMILES string of the molecule is CC(N)CC(=O)N1CCOC(c2ccc(F)c(Cl)c2)C1.Cl.